The lowest BCUT2D eigenvalue weighted by atomic mass is 9.97. The Morgan fingerprint density at radius 3 is 2.88 bits per heavy atom. The van der Waals surface area contributed by atoms with E-state index in [0.717, 1.165) is 12.3 Å². The van der Waals surface area contributed by atoms with Crippen molar-refractivity contribution in [2.24, 2.45) is 5.92 Å². The van der Waals surface area contributed by atoms with E-state index in [1.54, 1.807) is 11.3 Å². The van der Waals surface area contributed by atoms with E-state index in [1.165, 1.54) is 24.3 Å². The average Bonchev–Trinajstić information content (AvgIpc) is 2.88. The maximum absolute atomic E-state index is 4.46. The second-order valence-corrected chi connectivity index (χ2v) is 6.14. The van der Waals surface area contributed by atoms with Gasteiger partial charge in [0.2, 0.25) is 0 Å². The Hall–Kier alpha value is -0.410. The molecule has 0 amide bonds. The molecule has 1 aromatic heterocycles. The number of nitrogens with one attached hydrogen (secondary N) is 1. The molecule has 0 spiro atoms. The standard InChI is InChI=1S/C13H22N2S/c1-4-13(3,12-14-7-8-16-12)15-10(2)9-11-5-6-11/h7-8,10-11,15H,4-6,9H2,1-3H3. The summed E-state index contributed by atoms with van der Waals surface area (Å²) in [5.74, 6) is 0.986. The highest BCUT2D eigenvalue weighted by Crippen LogP contribution is 2.35. The van der Waals surface area contributed by atoms with Crippen molar-refractivity contribution in [2.45, 2.75) is 58.0 Å². The number of aromatic nitrogens is 1. The monoisotopic (exact) mass is 238 g/mol. The number of thiazole rings is 1. The van der Waals surface area contributed by atoms with Crippen LogP contribution in [0.4, 0.5) is 0 Å². The Balaban J connectivity index is 1.97. The molecule has 2 unspecified atom stereocenters. The summed E-state index contributed by atoms with van der Waals surface area (Å²) in [5.41, 5.74) is 0.0580. The second kappa shape index (κ2) is 4.84. The molecule has 0 aliphatic heterocycles. The third kappa shape index (κ3) is 2.83. The van der Waals surface area contributed by atoms with E-state index < -0.39 is 0 Å². The third-order valence-electron chi connectivity index (χ3n) is 3.56. The molecule has 1 aliphatic rings. The molecule has 1 N–H and O–H groups in total. The summed E-state index contributed by atoms with van der Waals surface area (Å²) in [5, 5.41) is 7.05. The predicted molar refractivity (Wildman–Crippen MR) is 69.7 cm³/mol. The van der Waals surface area contributed by atoms with Crippen LogP contribution >= 0.6 is 11.3 Å². The molecular weight excluding hydrogens is 216 g/mol. The molecule has 3 heteroatoms. The van der Waals surface area contributed by atoms with Gasteiger partial charge >= 0.3 is 0 Å². The van der Waals surface area contributed by atoms with Crippen LogP contribution in [0.25, 0.3) is 0 Å². The zero-order chi connectivity index (χ0) is 11.6. The van der Waals surface area contributed by atoms with E-state index in [0.29, 0.717) is 6.04 Å². The fraction of sp³-hybridized carbons (Fsp3) is 0.769. The lowest BCUT2D eigenvalue weighted by Gasteiger charge is -2.31. The van der Waals surface area contributed by atoms with Crippen LogP contribution < -0.4 is 5.32 Å². The summed E-state index contributed by atoms with van der Waals surface area (Å²) in [6.45, 7) is 6.81. The average molecular weight is 238 g/mol. The summed E-state index contributed by atoms with van der Waals surface area (Å²) in [6.07, 6.45) is 7.19. The van der Waals surface area contributed by atoms with Crippen LogP contribution in [0, 0.1) is 5.92 Å². The second-order valence-electron chi connectivity index (χ2n) is 5.25. The van der Waals surface area contributed by atoms with Crippen molar-refractivity contribution >= 4 is 11.3 Å². The quantitative estimate of drug-likeness (QED) is 0.820. The van der Waals surface area contributed by atoms with Crippen molar-refractivity contribution in [1.29, 1.82) is 0 Å². The highest BCUT2D eigenvalue weighted by Gasteiger charge is 2.31. The first-order chi connectivity index (χ1) is 7.64. The Labute approximate surface area is 102 Å². The first-order valence-electron chi connectivity index (χ1n) is 6.31. The Bertz CT molecular complexity index is 319. The molecule has 1 aromatic rings. The zero-order valence-electron chi connectivity index (χ0n) is 10.5. The zero-order valence-corrected chi connectivity index (χ0v) is 11.3. The summed E-state index contributed by atoms with van der Waals surface area (Å²) < 4.78 is 0. The maximum Gasteiger partial charge on any atom is 0.112 e. The molecule has 2 rings (SSSR count). The lowest BCUT2D eigenvalue weighted by Crippen LogP contribution is -2.44. The lowest BCUT2D eigenvalue weighted by molar-refractivity contribution is 0.298. The van der Waals surface area contributed by atoms with E-state index in [-0.39, 0.29) is 5.54 Å². The molecule has 0 radical (unpaired) electrons. The van der Waals surface area contributed by atoms with Gasteiger partial charge in [-0.25, -0.2) is 4.98 Å². The van der Waals surface area contributed by atoms with Crippen LogP contribution in [-0.2, 0) is 5.54 Å². The fourth-order valence-electron chi connectivity index (χ4n) is 2.27. The Kier molecular flexibility index (Phi) is 3.65. The summed E-state index contributed by atoms with van der Waals surface area (Å²) in [6, 6.07) is 0.598. The Morgan fingerprint density at radius 1 is 1.62 bits per heavy atom. The third-order valence-corrected chi connectivity index (χ3v) is 4.60. The van der Waals surface area contributed by atoms with Gasteiger partial charge in [0.25, 0.3) is 0 Å². The van der Waals surface area contributed by atoms with E-state index in [2.05, 4.69) is 36.5 Å². The fourth-order valence-corrected chi connectivity index (χ4v) is 3.10. The van der Waals surface area contributed by atoms with Crippen LogP contribution in [0.2, 0.25) is 0 Å². The first-order valence-corrected chi connectivity index (χ1v) is 7.19. The van der Waals surface area contributed by atoms with Gasteiger partial charge in [-0.1, -0.05) is 19.8 Å². The molecule has 2 nitrogen and oxygen atoms in total. The smallest absolute Gasteiger partial charge is 0.112 e. The minimum atomic E-state index is 0.0580. The number of hydrogen-bond acceptors (Lipinski definition) is 3. The van der Waals surface area contributed by atoms with Crippen molar-refractivity contribution in [3.05, 3.63) is 16.6 Å². The van der Waals surface area contributed by atoms with Crippen LogP contribution in [0.1, 0.15) is 51.5 Å². The highest BCUT2D eigenvalue weighted by molar-refractivity contribution is 7.09. The van der Waals surface area contributed by atoms with Crippen molar-refractivity contribution in [3.63, 3.8) is 0 Å². The van der Waals surface area contributed by atoms with Gasteiger partial charge in [-0.05, 0) is 32.6 Å². The molecule has 1 fully saturated rings. The van der Waals surface area contributed by atoms with E-state index in [1.807, 2.05) is 6.20 Å². The SMILES string of the molecule is CCC(C)(NC(C)CC1CC1)c1nccs1. The van der Waals surface area contributed by atoms with Gasteiger partial charge in [0.15, 0.2) is 0 Å². The van der Waals surface area contributed by atoms with Gasteiger partial charge in [-0.2, -0.15) is 0 Å². The molecule has 0 aromatic carbocycles. The maximum atomic E-state index is 4.46. The van der Waals surface area contributed by atoms with Crippen LogP contribution in [0.15, 0.2) is 11.6 Å². The van der Waals surface area contributed by atoms with Gasteiger partial charge < -0.3 is 5.32 Å². The molecule has 16 heavy (non-hydrogen) atoms. The van der Waals surface area contributed by atoms with Crippen molar-refractivity contribution in [3.8, 4) is 0 Å². The minimum absolute atomic E-state index is 0.0580. The molecule has 1 saturated carbocycles. The number of rotatable bonds is 6. The summed E-state index contributed by atoms with van der Waals surface area (Å²) >= 11 is 1.76. The van der Waals surface area contributed by atoms with Gasteiger partial charge in [0.1, 0.15) is 5.01 Å². The molecule has 90 valence electrons. The minimum Gasteiger partial charge on any atom is -0.303 e. The number of hydrogen-bond donors (Lipinski definition) is 1. The van der Waals surface area contributed by atoms with Gasteiger partial charge in [-0.15, -0.1) is 11.3 Å². The predicted octanol–water partition coefficient (Wildman–Crippen LogP) is 3.55. The van der Waals surface area contributed by atoms with E-state index in [9.17, 15) is 0 Å². The van der Waals surface area contributed by atoms with Crippen molar-refractivity contribution in [2.75, 3.05) is 0 Å². The van der Waals surface area contributed by atoms with Crippen molar-refractivity contribution < 1.29 is 0 Å². The van der Waals surface area contributed by atoms with Crippen LogP contribution in [0.5, 0.6) is 0 Å². The first kappa shape index (κ1) is 12.1. The van der Waals surface area contributed by atoms with Gasteiger partial charge in [0, 0.05) is 17.6 Å². The van der Waals surface area contributed by atoms with E-state index in [4.69, 9.17) is 0 Å². The van der Waals surface area contributed by atoms with E-state index >= 15 is 0 Å². The highest BCUT2D eigenvalue weighted by atomic mass is 32.1. The Morgan fingerprint density at radius 2 is 2.38 bits per heavy atom. The largest absolute Gasteiger partial charge is 0.303 e. The summed E-state index contributed by atoms with van der Waals surface area (Å²) in [4.78, 5) is 4.46. The molecule has 0 saturated heterocycles. The van der Waals surface area contributed by atoms with Gasteiger partial charge in [-0.3, -0.25) is 0 Å². The molecule has 1 heterocycles. The van der Waals surface area contributed by atoms with Crippen LogP contribution in [-0.4, -0.2) is 11.0 Å². The van der Waals surface area contributed by atoms with Crippen LogP contribution in [0.3, 0.4) is 0 Å². The normalized spacial score (nSPS) is 21.7. The topological polar surface area (TPSA) is 24.9 Å². The van der Waals surface area contributed by atoms with Gasteiger partial charge in [0.05, 0.1) is 5.54 Å². The molecular formula is C13H22N2S. The molecule has 1 aliphatic carbocycles. The molecule has 0 bridgehead atoms. The summed E-state index contributed by atoms with van der Waals surface area (Å²) in [7, 11) is 0. The number of nitrogens with zero attached hydrogens (tertiary/aromatic N) is 1. The molecule has 2 atom stereocenters. The van der Waals surface area contributed by atoms with Crippen molar-refractivity contribution in [1.82, 2.24) is 10.3 Å².